The fourth-order valence-electron chi connectivity index (χ4n) is 2.14. The van der Waals surface area contributed by atoms with Crippen LogP contribution in [-0.2, 0) is 11.0 Å². The highest BCUT2D eigenvalue weighted by atomic mass is 35.5. The zero-order chi connectivity index (χ0) is 20.9. The van der Waals surface area contributed by atoms with E-state index in [0.29, 0.717) is 17.0 Å². The Morgan fingerprint density at radius 3 is 2.57 bits per heavy atom. The minimum absolute atomic E-state index is 0.101. The van der Waals surface area contributed by atoms with E-state index in [-0.39, 0.29) is 34.2 Å². The first-order chi connectivity index (χ1) is 13.1. The van der Waals surface area contributed by atoms with Crippen LogP contribution < -0.4 is 10.6 Å². The smallest absolute Gasteiger partial charge is 0.351 e. The molecule has 0 unspecified atom stereocenters. The van der Waals surface area contributed by atoms with Crippen molar-refractivity contribution in [2.24, 2.45) is 0 Å². The third kappa shape index (κ3) is 6.38. The molecule has 0 atom stereocenters. The zero-order valence-corrected chi connectivity index (χ0v) is 16.4. The van der Waals surface area contributed by atoms with Crippen molar-refractivity contribution in [3.63, 3.8) is 0 Å². The number of nitrogens with zero attached hydrogens (tertiary/aromatic N) is 2. The van der Waals surface area contributed by atoms with Crippen LogP contribution in [0.5, 0.6) is 0 Å². The summed E-state index contributed by atoms with van der Waals surface area (Å²) in [5.74, 6) is -0.0504. The van der Waals surface area contributed by atoms with E-state index < -0.39 is 11.7 Å². The molecule has 6 nitrogen and oxygen atoms in total. The third-order valence-electron chi connectivity index (χ3n) is 3.28. The Balaban J connectivity index is 1.91. The number of nitrogens with one attached hydrogen (secondary N) is 2. The average Bonchev–Trinajstić information content (AvgIpc) is 2.57. The van der Waals surface area contributed by atoms with Gasteiger partial charge >= 0.3 is 6.18 Å². The number of rotatable bonds is 6. The molecule has 150 valence electrons. The van der Waals surface area contributed by atoms with Crippen molar-refractivity contribution in [3.05, 3.63) is 46.2 Å². The Labute approximate surface area is 168 Å². The van der Waals surface area contributed by atoms with Gasteiger partial charge in [-0.15, -0.1) is 11.8 Å². The van der Waals surface area contributed by atoms with Gasteiger partial charge in [0.05, 0.1) is 10.6 Å². The highest BCUT2D eigenvalue weighted by Gasteiger charge is 2.31. The molecular weight excluding hydrogens is 417 g/mol. The van der Waals surface area contributed by atoms with Crippen molar-refractivity contribution in [2.45, 2.75) is 25.0 Å². The lowest BCUT2D eigenvalue weighted by Crippen LogP contribution is -2.26. The molecule has 0 radical (unpaired) electrons. The fourth-order valence-corrected chi connectivity index (χ4v) is 3.20. The number of hydrogen-bond donors (Lipinski definition) is 2. The summed E-state index contributed by atoms with van der Waals surface area (Å²) < 4.78 is 37.8. The van der Waals surface area contributed by atoms with Crippen LogP contribution in [0.4, 0.5) is 19.0 Å². The summed E-state index contributed by atoms with van der Waals surface area (Å²) in [6, 6.07) is 3.84. The molecule has 0 aliphatic rings. The molecule has 0 saturated carbocycles. The lowest BCUT2D eigenvalue weighted by Gasteiger charge is -2.10. The molecule has 0 fully saturated rings. The molecule has 0 aromatic carbocycles. The van der Waals surface area contributed by atoms with E-state index in [2.05, 4.69) is 20.6 Å². The van der Waals surface area contributed by atoms with E-state index in [9.17, 15) is 22.8 Å². The van der Waals surface area contributed by atoms with Crippen LogP contribution >= 0.6 is 23.4 Å². The van der Waals surface area contributed by atoms with Crippen LogP contribution in [0.3, 0.4) is 0 Å². The monoisotopic (exact) mass is 432 g/mol. The van der Waals surface area contributed by atoms with Crippen LogP contribution in [0.2, 0.25) is 5.02 Å². The molecule has 0 bridgehead atoms. The van der Waals surface area contributed by atoms with Crippen LogP contribution in [0.1, 0.15) is 28.5 Å². The van der Waals surface area contributed by atoms with Crippen LogP contribution in [0, 0.1) is 6.92 Å². The molecule has 2 rings (SSSR count). The summed E-state index contributed by atoms with van der Waals surface area (Å²) in [4.78, 5) is 31.2. The molecule has 0 spiro atoms. The third-order valence-corrected chi connectivity index (χ3v) is 4.69. The average molecular weight is 433 g/mol. The minimum Gasteiger partial charge on any atom is -0.351 e. The summed E-state index contributed by atoms with van der Waals surface area (Å²) in [7, 11) is 0. The number of alkyl halides is 3. The van der Waals surface area contributed by atoms with Gasteiger partial charge < -0.3 is 10.6 Å². The van der Waals surface area contributed by atoms with Crippen molar-refractivity contribution in [3.8, 4) is 0 Å². The summed E-state index contributed by atoms with van der Waals surface area (Å²) in [5.41, 5.74) is -0.0309. The second-order valence-electron chi connectivity index (χ2n) is 5.68. The lowest BCUT2D eigenvalue weighted by atomic mass is 10.2. The van der Waals surface area contributed by atoms with E-state index in [0.717, 1.165) is 24.0 Å². The normalized spacial score (nSPS) is 11.2. The maximum absolute atomic E-state index is 12.6. The number of thioether (sulfide) groups is 1. The summed E-state index contributed by atoms with van der Waals surface area (Å²) in [5, 5.41) is 5.34. The van der Waals surface area contributed by atoms with Gasteiger partial charge in [-0.25, -0.2) is 9.97 Å². The molecule has 2 aromatic rings. The molecular formula is C17H16ClF3N4O2S. The van der Waals surface area contributed by atoms with Crippen molar-refractivity contribution < 1.29 is 22.8 Å². The van der Waals surface area contributed by atoms with Gasteiger partial charge in [0.2, 0.25) is 5.91 Å². The van der Waals surface area contributed by atoms with Gasteiger partial charge in [-0.2, -0.15) is 13.2 Å². The molecule has 2 amide bonds. The molecule has 2 heterocycles. The highest BCUT2D eigenvalue weighted by Crippen LogP contribution is 2.33. The van der Waals surface area contributed by atoms with Crippen molar-refractivity contribution in [2.75, 3.05) is 17.6 Å². The first-order valence-electron chi connectivity index (χ1n) is 7.96. The quantitative estimate of drug-likeness (QED) is 0.533. The number of anilines is 1. The van der Waals surface area contributed by atoms with Gasteiger partial charge in [-0.05, 0) is 25.1 Å². The minimum atomic E-state index is -4.51. The Morgan fingerprint density at radius 1 is 1.25 bits per heavy atom. The van der Waals surface area contributed by atoms with E-state index in [1.807, 2.05) is 0 Å². The largest absolute Gasteiger partial charge is 0.417 e. The molecule has 0 saturated heterocycles. The Hall–Kier alpha value is -2.33. The van der Waals surface area contributed by atoms with Crippen LogP contribution in [-0.4, -0.2) is 34.1 Å². The van der Waals surface area contributed by atoms with E-state index >= 15 is 0 Å². The number of aryl methyl sites for hydroxylation is 1. The maximum atomic E-state index is 12.6. The van der Waals surface area contributed by atoms with Gasteiger partial charge in [0.15, 0.2) is 0 Å². The van der Waals surface area contributed by atoms with Gasteiger partial charge in [0.25, 0.3) is 5.91 Å². The number of carbonyl (C=O) groups is 2. The standard InChI is InChI=1S/C17H16ClF3N4O2S/c1-9-5-11(6-14(24-9)25-10(2)26)15(27)22-3-4-28-16-13(18)7-12(8-23-16)17(19,20)21/h5-8H,3-4H2,1-2H3,(H,22,27)(H,24,25,26). The molecule has 0 aliphatic heterocycles. The number of aromatic nitrogens is 2. The van der Waals surface area contributed by atoms with Crippen molar-refractivity contribution in [1.29, 1.82) is 0 Å². The van der Waals surface area contributed by atoms with Crippen LogP contribution in [0.25, 0.3) is 0 Å². The zero-order valence-electron chi connectivity index (χ0n) is 14.9. The van der Waals surface area contributed by atoms with E-state index in [4.69, 9.17) is 11.6 Å². The van der Waals surface area contributed by atoms with Gasteiger partial charge in [-0.1, -0.05) is 11.6 Å². The number of carbonyl (C=O) groups excluding carboxylic acids is 2. The number of pyridine rings is 2. The molecule has 2 N–H and O–H groups in total. The van der Waals surface area contributed by atoms with Crippen molar-refractivity contribution in [1.82, 2.24) is 15.3 Å². The molecule has 0 aliphatic carbocycles. The first-order valence-corrected chi connectivity index (χ1v) is 9.32. The SMILES string of the molecule is CC(=O)Nc1cc(C(=O)NCCSc2ncc(C(F)(F)F)cc2Cl)cc(C)n1. The Morgan fingerprint density at radius 2 is 1.96 bits per heavy atom. The Kier molecular flexibility index (Phi) is 7.25. The summed E-state index contributed by atoms with van der Waals surface area (Å²) in [6.45, 7) is 3.26. The fraction of sp³-hybridized carbons (Fsp3) is 0.294. The summed E-state index contributed by atoms with van der Waals surface area (Å²) in [6.07, 6.45) is -3.79. The van der Waals surface area contributed by atoms with E-state index in [1.165, 1.54) is 13.0 Å². The van der Waals surface area contributed by atoms with Gasteiger partial charge in [-0.3, -0.25) is 9.59 Å². The molecule has 11 heteroatoms. The lowest BCUT2D eigenvalue weighted by molar-refractivity contribution is -0.137. The van der Waals surface area contributed by atoms with Gasteiger partial charge in [0, 0.05) is 36.7 Å². The first kappa shape index (κ1) is 22.0. The predicted molar refractivity (Wildman–Crippen MR) is 101 cm³/mol. The second-order valence-corrected chi connectivity index (χ2v) is 7.17. The highest BCUT2D eigenvalue weighted by molar-refractivity contribution is 7.99. The number of halogens is 4. The van der Waals surface area contributed by atoms with Crippen LogP contribution in [0.15, 0.2) is 29.4 Å². The molecule has 28 heavy (non-hydrogen) atoms. The van der Waals surface area contributed by atoms with Crippen molar-refractivity contribution >= 4 is 41.0 Å². The maximum Gasteiger partial charge on any atom is 0.417 e. The second kappa shape index (κ2) is 9.24. The predicted octanol–water partition coefficient (Wildman–Crippen LogP) is 3.94. The number of hydrogen-bond acceptors (Lipinski definition) is 5. The Bertz CT molecular complexity index is 893. The summed E-state index contributed by atoms with van der Waals surface area (Å²) >= 11 is 6.96. The topological polar surface area (TPSA) is 84.0 Å². The van der Waals surface area contributed by atoms with Gasteiger partial charge in [0.1, 0.15) is 10.8 Å². The molecule has 2 aromatic heterocycles. The number of amides is 2. The van der Waals surface area contributed by atoms with E-state index in [1.54, 1.807) is 13.0 Å².